The first-order valence-electron chi connectivity index (χ1n) is 6.61. The molecule has 4 nitrogen and oxygen atoms in total. The van der Waals surface area contributed by atoms with Crippen LogP contribution < -0.4 is 10.6 Å². The van der Waals surface area contributed by atoms with Crippen molar-refractivity contribution in [1.82, 2.24) is 4.98 Å². The molecule has 0 fully saturated rings. The monoisotopic (exact) mass is 289 g/mol. The molecule has 0 spiro atoms. The molecular weight excluding hydrogens is 270 g/mol. The summed E-state index contributed by atoms with van der Waals surface area (Å²) < 4.78 is 0. The summed E-state index contributed by atoms with van der Waals surface area (Å²) in [5.74, 6) is -0.114. The van der Waals surface area contributed by atoms with Crippen LogP contribution in [0.15, 0.2) is 29.6 Å². The lowest BCUT2D eigenvalue weighted by atomic mass is 10.1. The molecular formula is C15H19N3OS. The molecule has 0 radical (unpaired) electrons. The van der Waals surface area contributed by atoms with Gasteiger partial charge in [0.2, 0.25) is 0 Å². The van der Waals surface area contributed by atoms with Gasteiger partial charge in [0.25, 0.3) is 5.91 Å². The second-order valence-corrected chi connectivity index (χ2v) is 5.63. The van der Waals surface area contributed by atoms with Crippen molar-refractivity contribution in [3.63, 3.8) is 0 Å². The number of benzene rings is 1. The number of amides is 1. The van der Waals surface area contributed by atoms with Crippen LogP contribution in [0.1, 0.15) is 40.9 Å². The van der Waals surface area contributed by atoms with Crippen molar-refractivity contribution >= 4 is 22.9 Å². The minimum atomic E-state index is -0.143. The van der Waals surface area contributed by atoms with E-state index in [9.17, 15) is 4.79 Å². The van der Waals surface area contributed by atoms with E-state index in [0.717, 1.165) is 17.1 Å². The largest absolute Gasteiger partial charge is 0.322 e. The molecule has 2 N–H and O–H groups in total. The van der Waals surface area contributed by atoms with E-state index in [1.54, 1.807) is 17.3 Å². The topological polar surface area (TPSA) is 59.2 Å². The SMILES string of the molecule is CCc1ccc(N(C)C(=O)c2csc(C(C)N)n2)cc1. The summed E-state index contributed by atoms with van der Waals surface area (Å²) in [5.41, 5.74) is 8.33. The van der Waals surface area contributed by atoms with Crippen LogP contribution in [0.3, 0.4) is 0 Å². The van der Waals surface area contributed by atoms with Gasteiger partial charge in [-0.2, -0.15) is 0 Å². The zero-order valence-electron chi connectivity index (χ0n) is 12.0. The fourth-order valence-electron chi connectivity index (χ4n) is 1.84. The Balaban J connectivity index is 2.18. The molecule has 0 aliphatic carbocycles. The number of carbonyl (C=O) groups excluding carboxylic acids is 1. The average molecular weight is 289 g/mol. The van der Waals surface area contributed by atoms with Crippen molar-refractivity contribution in [1.29, 1.82) is 0 Å². The Kier molecular flexibility index (Phi) is 4.52. The number of thiazole rings is 1. The summed E-state index contributed by atoms with van der Waals surface area (Å²) in [6.07, 6.45) is 0.988. The van der Waals surface area contributed by atoms with Crippen LogP contribution in [0.5, 0.6) is 0 Å². The molecule has 1 atom stereocenters. The van der Waals surface area contributed by atoms with Gasteiger partial charge in [-0.3, -0.25) is 4.79 Å². The van der Waals surface area contributed by atoms with E-state index in [1.807, 2.05) is 31.2 Å². The number of anilines is 1. The predicted molar refractivity (Wildman–Crippen MR) is 83.3 cm³/mol. The van der Waals surface area contributed by atoms with E-state index in [0.29, 0.717) is 5.69 Å². The number of hydrogen-bond acceptors (Lipinski definition) is 4. The van der Waals surface area contributed by atoms with Crippen molar-refractivity contribution in [3.05, 3.63) is 45.9 Å². The van der Waals surface area contributed by atoms with Crippen LogP contribution in [0.4, 0.5) is 5.69 Å². The predicted octanol–water partition coefficient (Wildman–Crippen LogP) is 3.00. The Morgan fingerprint density at radius 1 is 1.40 bits per heavy atom. The summed E-state index contributed by atoms with van der Waals surface area (Å²) in [5, 5.41) is 2.54. The number of hydrogen-bond donors (Lipinski definition) is 1. The van der Waals surface area contributed by atoms with Gasteiger partial charge >= 0.3 is 0 Å². The van der Waals surface area contributed by atoms with Crippen LogP contribution in [0.2, 0.25) is 0 Å². The molecule has 0 saturated heterocycles. The Bertz CT molecular complexity index is 589. The van der Waals surface area contributed by atoms with Gasteiger partial charge in [0.1, 0.15) is 10.7 Å². The third-order valence-electron chi connectivity index (χ3n) is 3.17. The Labute approximate surface area is 123 Å². The van der Waals surface area contributed by atoms with Gasteiger partial charge in [-0.1, -0.05) is 19.1 Å². The number of nitrogens with zero attached hydrogens (tertiary/aromatic N) is 2. The van der Waals surface area contributed by atoms with E-state index >= 15 is 0 Å². The van der Waals surface area contributed by atoms with Crippen LogP contribution in [0.25, 0.3) is 0 Å². The molecule has 1 aromatic heterocycles. The van der Waals surface area contributed by atoms with Crippen molar-refractivity contribution < 1.29 is 4.79 Å². The molecule has 1 unspecified atom stereocenters. The quantitative estimate of drug-likeness (QED) is 0.941. The van der Waals surface area contributed by atoms with Crippen molar-refractivity contribution in [2.24, 2.45) is 5.73 Å². The molecule has 1 aromatic carbocycles. The van der Waals surface area contributed by atoms with Crippen molar-refractivity contribution in [3.8, 4) is 0 Å². The standard InChI is InChI=1S/C15H19N3OS/c1-4-11-5-7-12(8-6-11)18(3)15(19)13-9-20-14(17-13)10(2)16/h5-10H,4,16H2,1-3H3. The lowest BCUT2D eigenvalue weighted by Gasteiger charge is -2.16. The fourth-order valence-corrected chi connectivity index (χ4v) is 2.59. The Morgan fingerprint density at radius 2 is 2.05 bits per heavy atom. The Hall–Kier alpha value is -1.72. The molecule has 2 aromatic rings. The molecule has 0 saturated carbocycles. The summed E-state index contributed by atoms with van der Waals surface area (Å²) in [6.45, 7) is 3.97. The summed E-state index contributed by atoms with van der Waals surface area (Å²) in [7, 11) is 1.76. The zero-order valence-corrected chi connectivity index (χ0v) is 12.8. The minimum absolute atomic E-state index is 0.114. The highest BCUT2D eigenvalue weighted by Gasteiger charge is 2.17. The average Bonchev–Trinajstić information content (AvgIpc) is 2.96. The summed E-state index contributed by atoms with van der Waals surface area (Å²) in [4.78, 5) is 18.3. The Morgan fingerprint density at radius 3 is 2.55 bits per heavy atom. The van der Waals surface area contributed by atoms with Gasteiger partial charge in [-0.05, 0) is 31.0 Å². The van der Waals surface area contributed by atoms with Crippen molar-refractivity contribution in [2.75, 3.05) is 11.9 Å². The first kappa shape index (κ1) is 14.7. The van der Waals surface area contributed by atoms with Crippen LogP contribution >= 0.6 is 11.3 Å². The van der Waals surface area contributed by atoms with Gasteiger partial charge < -0.3 is 10.6 Å². The number of aromatic nitrogens is 1. The third kappa shape index (κ3) is 3.05. The molecule has 20 heavy (non-hydrogen) atoms. The third-order valence-corrected chi connectivity index (χ3v) is 4.21. The second kappa shape index (κ2) is 6.15. The lowest BCUT2D eigenvalue weighted by Crippen LogP contribution is -2.26. The molecule has 2 rings (SSSR count). The van der Waals surface area contributed by atoms with Crippen LogP contribution in [0, 0.1) is 0 Å². The van der Waals surface area contributed by atoms with Gasteiger partial charge in [-0.25, -0.2) is 4.98 Å². The summed E-state index contributed by atoms with van der Waals surface area (Å²) >= 11 is 1.42. The molecule has 106 valence electrons. The fraction of sp³-hybridized carbons (Fsp3) is 0.333. The van der Waals surface area contributed by atoms with E-state index in [1.165, 1.54) is 16.9 Å². The van der Waals surface area contributed by atoms with Crippen LogP contribution in [-0.4, -0.2) is 17.9 Å². The number of aryl methyl sites for hydroxylation is 1. The number of nitrogens with two attached hydrogens (primary N) is 1. The van der Waals surface area contributed by atoms with Crippen LogP contribution in [-0.2, 0) is 6.42 Å². The molecule has 0 bridgehead atoms. The van der Waals surface area contributed by atoms with Crippen molar-refractivity contribution in [2.45, 2.75) is 26.3 Å². The van der Waals surface area contributed by atoms with E-state index in [2.05, 4.69) is 11.9 Å². The molecule has 5 heteroatoms. The maximum atomic E-state index is 12.4. The number of rotatable bonds is 4. The van der Waals surface area contributed by atoms with Gasteiger partial charge in [0, 0.05) is 18.1 Å². The molecule has 1 heterocycles. The highest BCUT2D eigenvalue weighted by atomic mass is 32.1. The first-order chi connectivity index (χ1) is 9.52. The maximum Gasteiger partial charge on any atom is 0.277 e. The summed E-state index contributed by atoms with van der Waals surface area (Å²) in [6, 6.07) is 7.84. The van der Waals surface area contributed by atoms with Gasteiger partial charge in [-0.15, -0.1) is 11.3 Å². The molecule has 0 aliphatic rings. The van der Waals surface area contributed by atoms with E-state index in [-0.39, 0.29) is 11.9 Å². The first-order valence-corrected chi connectivity index (χ1v) is 7.49. The van der Waals surface area contributed by atoms with E-state index in [4.69, 9.17) is 5.73 Å². The van der Waals surface area contributed by atoms with Gasteiger partial charge in [0.15, 0.2) is 0 Å². The van der Waals surface area contributed by atoms with Gasteiger partial charge in [0.05, 0.1) is 6.04 Å². The lowest BCUT2D eigenvalue weighted by molar-refractivity contribution is 0.0988. The normalized spacial score (nSPS) is 12.2. The highest BCUT2D eigenvalue weighted by molar-refractivity contribution is 7.09. The number of carbonyl (C=O) groups is 1. The highest BCUT2D eigenvalue weighted by Crippen LogP contribution is 2.20. The second-order valence-electron chi connectivity index (χ2n) is 4.74. The smallest absolute Gasteiger partial charge is 0.277 e. The minimum Gasteiger partial charge on any atom is -0.322 e. The maximum absolute atomic E-state index is 12.4. The zero-order chi connectivity index (χ0) is 14.7. The van der Waals surface area contributed by atoms with E-state index < -0.39 is 0 Å². The molecule has 0 aliphatic heterocycles. The molecule has 1 amide bonds.